The van der Waals surface area contributed by atoms with Crippen LogP contribution in [0.15, 0.2) is 24.5 Å². The maximum atomic E-state index is 5.42. The van der Waals surface area contributed by atoms with Crippen LogP contribution in [0, 0.1) is 0 Å². The van der Waals surface area contributed by atoms with Gasteiger partial charge in [-0.1, -0.05) is 0 Å². The number of aryl methyl sites for hydroxylation is 1. The van der Waals surface area contributed by atoms with Crippen molar-refractivity contribution in [1.29, 1.82) is 0 Å². The Hall–Kier alpha value is -0.130. The highest BCUT2D eigenvalue weighted by Crippen LogP contribution is 1.98. The Kier molecular flexibility index (Phi) is 11.0. The molecule has 0 saturated carbocycles. The number of hydrogen-bond acceptors (Lipinski definition) is 2. The summed E-state index contributed by atoms with van der Waals surface area (Å²) in [5.74, 6) is 0. The fourth-order valence-corrected chi connectivity index (χ4v) is 1.08. The highest BCUT2D eigenvalue weighted by Gasteiger charge is 1.99. The van der Waals surface area contributed by atoms with Crippen LogP contribution >= 0.6 is 34.0 Å². The molecule has 0 aromatic carbocycles. The molecule has 0 atom stereocenters. The summed E-state index contributed by atoms with van der Waals surface area (Å²) in [5, 5.41) is 3.09. The first kappa shape index (κ1) is 16.3. The number of aromatic nitrogens is 1. The van der Waals surface area contributed by atoms with Gasteiger partial charge in [0.2, 0.25) is 0 Å². The molecule has 0 radical (unpaired) electrons. The van der Waals surface area contributed by atoms with Crippen molar-refractivity contribution in [2.75, 3.05) is 18.9 Å². The number of pyridine rings is 1. The SMILES string of the molecule is Br.Br.CNc1ccc[n+](CCCN)c1. The molecule has 0 spiro atoms. The minimum absolute atomic E-state index is 0. The zero-order chi connectivity index (χ0) is 8.81. The first-order chi connectivity index (χ1) is 5.86. The second-order valence-corrected chi connectivity index (χ2v) is 2.72. The van der Waals surface area contributed by atoms with Gasteiger partial charge in [-0.25, -0.2) is 4.57 Å². The fraction of sp³-hybridized carbons (Fsp3) is 0.444. The third kappa shape index (κ3) is 5.57. The van der Waals surface area contributed by atoms with E-state index in [1.165, 1.54) is 0 Å². The van der Waals surface area contributed by atoms with Gasteiger partial charge in [-0.05, 0) is 12.6 Å². The molecule has 14 heavy (non-hydrogen) atoms. The lowest BCUT2D eigenvalue weighted by Gasteiger charge is -1.98. The van der Waals surface area contributed by atoms with E-state index in [1.54, 1.807) is 0 Å². The Bertz CT molecular complexity index is 243. The van der Waals surface area contributed by atoms with E-state index in [-0.39, 0.29) is 34.0 Å². The van der Waals surface area contributed by atoms with Gasteiger partial charge >= 0.3 is 0 Å². The summed E-state index contributed by atoms with van der Waals surface area (Å²) in [7, 11) is 1.92. The summed E-state index contributed by atoms with van der Waals surface area (Å²) >= 11 is 0. The third-order valence-corrected chi connectivity index (χ3v) is 1.77. The number of nitrogens with zero attached hydrogens (tertiary/aromatic N) is 1. The Labute approximate surface area is 106 Å². The molecule has 0 fully saturated rings. The van der Waals surface area contributed by atoms with E-state index in [4.69, 9.17) is 5.73 Å². The summed E-state index contributed by atoms with van der Waals surface area (Å²) in [5.41, 5.74) is 6.55. The van der Waals surface area contributed by atoms with Gasteiger partial charge in [-0.15, -0.1) is 34.0 Å². The number of rotatable bonds is 4. The second kappa shape index (κ2) is 9.43. The molecule has 1 aromatic rings. The lowest BCUT2D eigenvalue weighted by atomic mass is 10.4. The molecule has 3 nitrogen and oxygen atoms in total. The van der Waals surface area contributed by atoms with Crippen molar-refractivity contribution < 1.29 is 4.57 Å². The van der Waals surface area contributed by atoms with Gasteiger partial charge in [0.1, 0.15) is 6.54 Å². The quantitative estimate of drug-likeness (QED) is 0.823. The van der Waals surface area contributed by atoms with E-state index < -0.39 is 0 Å². The number of halogens is 2. The van der Waals surface area contributed by atoms with Crippen molar-refractivity contribution in [3.63, 3.8) is 0 Å². The predicted octanol–water partition coefficient (Wildman–Crippen LogP) is 1.52. The van der Waals surface area contributed by atoms with Crippen LogP contribution in [0.3, 0.4) is 0 Å². The highest BCUT2D eigenvalue weighted by atomic mass is 79.9. The molecule has 3 N–H and O–H groups in total. The Morgan fingerprint density at radius 2 is 2.14 bits per heavy atom. The Morgan fingerprint density at radius 1 is 1.43 bits per heavy atom. The average molecular weight is 328 g/mol. The van der Waals surface area contributed by atoms with E-state index in [0.717, 1.165) is 25.2 Å². The van der Waals surface area contributed by atoms with Crippen molar-refractivity contribution >= 4 is 39.7 Å². The smallest absolute Gasteiger partial charge is 0.192 e. The Morgan fingerprint density at radius 3 is 2.71 bits per heavy atom. The van der Waals surface area contributed by atoms with Crippen LogP contribution in [0.2, 0.25) is 0 Å². The van der Waals surface area contributed by atoms with Crippen molar-refractivity contribution in [2.24, 2.45) is 5.73 Å². The van der Waals surface area contributed by atoms with Crippen LogP contribution < -0.4 is 15.6 Å². The summed E-state index contributed by atoms with van der Waals surface area (Å²) in [4.78, 5) is 0. The predicted molar refractivity (Wildman–Crippen MR) is 70.5 cm³/mol. The van der Waals surface area contributed by atoms with Crippen molar-refractivity contribution in [3.8, 4) is 0 Å². The molecule has 1 rings (SSSR count). The van der Waals surface area contributed by atoms with Gasteiger partial charge in [0, 0.05) is 19.5 Å². The van der Waals surface area contributed by atoms with Crippen LogP contribution in [0.25, 0.3) is 0 Å². The third-order valence-electron chi connectivity index (χ3n) is 1.77. The summed E-state index contributed by atoms with van der Waals surface area (Å²) in [6.07, 6.45) is 5.16. The van der Waals surface area contributed by atoms with Crippen LogP contribution in [0.4, 0.5) is 5.69 Å². The summed E-state index contributed by atoms with van der Waals surface area (Å²) in [6.45, 7) is 1.74. The molecular formula is C9H18Br2N3+. The molecule has 0 saturated heterocycles. The monoisotopic (exact) mass is 326 g/mol. The van der Waals surface area contributed by atoms with E-state index in [9.17, 15) is 0 Å². The molecule has 0 aliphatic rings. The molecule has 0 aliphatic heterocycles. The molecule has 0 aliphatic carbocycles. The molecule has 5 heteroatoms. The number of nitrogens with two attached hydrogens (primary N) is 1. The minimum atomic E-state index is 0. The lowest BCUT2D eigenvalue weighted by Crippen LogP contribution is -2.33. The highest BCUT2D eigenvalue weighted by molar-refractivity contribution is 8.93. The topological polar surface area (TPSA) is 41.9 Å². The van der Waals surface area contributed by atoms with Crippen molar-refractivity contribution in [3.05, 3.63) is 24.5 Å². The molecule has 1 aromatic heterocycles. The van der Waals surface area contributed by atoms with Gasteiger partial charge < -0.3 is 11.1 Å². The van der Waals surface area contributed by atoms with E-state index in [2.05, 4.69) is 22.3 Å². The van der Waals surface area contributed by atoms with Gasteiger partial charge in [-0.2, -0.15) is 0 Å². The van der Waals surface area contributed by atoms with Gasteiger partial charge in [-0.3, -0.25) is 0 Å². The van der Waals surface area contributed by atoms with E-state index in [0.29, 0.717) is 0 Å². The fourth-order valence-electron chi connectivity index (χ4n) is 1.08. The largest absolute Gasteiger partial charge is 0.383 e. The normalized spacial score (nSPS) is 8.43. The number of hydrogen-bond donors (Lipinski definition) is 2. The molecule has 0 bridgehead atoms. The van der Waals surface area contributed by atoms with Crippen molar-refractivity contribution in [2.45, 2.75) is 13.0 Å². The van der Waals surface area contributed by atoms with Crippen molar-refractivity contribution in [1.82, 2.24) is 0 Å². The van der Waals surface area contributed by atoms with Crippen LogP contribution in [0.1, 0.15) is 6.42 Å². The van der Waals surface area contributed by atoms with Gasteiger partial charge in [0.15, 0.2) is 12.4 Å². The average Bonchev–Trinajstić information content (AvgIpc) is 2.15. The van der Waals surface area contributed by atoms with E-state index in [1.807, 2.05) is 19.2 Å². The molecule has 0 amide bonds. The van der Waals surface area contributed by atoms with Crippen LogP contribution in [-0.4, -0.2) is 13.6 Å². The second-order valence-electron chi connectivity index (χ2n) is 2.72. The maximum Gasteiger partial charge on any atom is 0.192 e. The Balaban J connectivity index is 0. The zero-order valence-corrected chi connectivity index (χ0v) is 11.7. The molecule has 1 heterocycles. The van der Waals surface area contributed by atoms with Gasteiger partial charge in [0.05, 0.1) is 5.69 Å². The van der Waals surface area contributed by atoms with E-state index >= 15 is 0 Å². The van der Waals surface area contributed by atoms with Crippen LogP contribution in [-0.2, 0) is 6.54 Å². The zero-order valence-electron chi connectivity index (χ0n) is 8.27. The summed E-state index contributed by atoms with van der Waals surface area (Å²) < 4.78 is 2.14. The minimum Gasteiger partial charge on any atom is -0.383 e. The first-order valence-electron chi connectivity index (χ1n) is 4.23. The molecular weight excluding hydrogens is 310 g/mol. The van der Waals surface area contributed by atoms with Crippen LogP contribution in [0.5, 0.6) is 0 Å². The molecule has 82 valence electrons. The first-order valence-corrected chi connectivity index (χ1v) is 4.23. The number of nitrogens with one attached hydrogen (secondary N) is 1. The summed E-state index contributed by atoms with van der Waals surface area (Å²) in [6, 6.07) is 4.07. The van der Waals surface area contributed by atoms with Gasteiger partial charge in [0.25, 0.3) is 0 Å². The lowest BCUT2D eigenvalue weighted by molar-refractivity contribution is -0.696. The molecule has 0 unspecified atom stereocenters. The standard InChI is InChI=1S/C9H16N3.2BrH/c1-11-9-4-2-6-12(8-9)7-3-5-10;;/h2,4,6,8,11H,3,5,7,10H2,1H3;2*1H/q+1;;. The maximum absolute atomic E-state index is 5.42. The number of anilines is 1.